The summed E-state index contributed by atoms with van der Waals surface area (Å²) < 4.78 is 14.3. The van der Waals surface area contributed by atoms with E-state index in [4.69, 9.17) is 0 Å². The van der Waals surface area contributed by atoms with Crippen molar-refractivity contribution in [1.29, 1.82) is 0 Å². The molecule has 30 heavy (non-hydrogen) atoms. The van der Waals surface area contributed by atoms with Gasteiger partial charge in [0.05, 0.1) is 11.8 Å². The van der Waals surface area contributed by atoms with Gasteiger partial charge in [0.1, 0.15) is 16.9 Å². The third-order valence-corrected chi connectivity index (χ3v) is 5.41. The van der Waals surface area contributed by atoms with E-state index in [-0.39, 0.29) is 5.82 Å². The van der Waals surface area contributed by atoms with Gasteiger partial charge in [0, 0.05) is 37.6 Å². The summed E-state index contributed by atoms with van der Waals surface area (Å²) in [5.41, 5.74) is 3.75. The van der Waals surface area contributed by atoms with Crippen molar-refractivity contribution < 1.29 is 4.39 Å². The first-order valence-corrected chi connectivity index (χ1v) is 9.94. The van der Waals surface area contributed by atoms with Gasteiger partial charge < -0.3 is 15.1 Å². The first-order valence-electron chi connectivity index (χ1n) is 9.94. The zero-order valence-electron chi connectivity index (χ0n) is 16.6. The average molecular weight is 403 g/mol. The van der Waals surface area contributed by atoms with E-state index in [1.165, 1.54) is 11.8 Å². The molecule has 3 heterocycles. The highest BCUT2D eigenvalue weighted by Crippen LogP contribution is 2.28. The Kier molecular flexibility index (Phi) is 4.76. The van der Waals surface area contributed by atoms with E-state index in [0.29, 0.717) is 28.2 Å². The topological polar surface area (TPSA) is 73.0 Å². The molecule has 0 saturated carbocycles. The van der Waals surface area contributed by atoms with Crippen molar-refractivity contribution >= 4 is 28.2 Å². The molecule has 0 atom stereocenters. The largest absolute Gasteiger partial charge is 0.369 e. The Morgan fingerprint density at radius 1 is 0.967 bits per heavy atom. The number of likely N-dealkylation sites (N-methyl/N-ethyl adjacent to an activating group) is 1. The van der Waals surface area contributed by atoms with Crippen LogP contribution in [0.2, 0.25) is 0 Å². The van der Waals surface area contributed by atoms with Gasteiger partial charge in [-0.2, -0.15) is 5.10 Å². The number of piperazine rings is 1. The lowest BCUT2D eigenvalue weighted by molar-refractivity contribution is 0.313. The van der Waals surface area contributed by atoms with Crippen LogP contribution in [0.1, 0.15) is 0 Å². The molecule has 4 aromatic rings. The molecule has 0 radical (unpaired) electrons. The maximum absolute atomic E-state index is 14.3. The maximum atomic E-state index is 14.3. The Bertz CT molecular complexity index is 1160. The quantitative estimate of drug-likeness (QED) is 0.542. The van der Waals surface area contributed by atoms with Gasteiger partial charge in [0.2, 0.25) is 0 Å². The minimum absolute atomic E-state index is 0.318. The van der Waals surface area contributed by atoms with Crippen LogP contribution in [0.5, 0.6) is 0 Å². The van der Waals surface area contributed by atoms with E-state index in [9.17, 15) is 4.39 Å². The Morgan fingerprint density at radius 2 is 1.73 bits per heavy atom. The van der Waals surface area contributed by atoms with Gasteiger partial charge in [-0.15, -0.1) is 0 Å². The molecule has 1 aliphatic heterocycles. The zero-order chi connectivity index (χ0) is 20.5. The fourth-order valence-corrected chi connectivity index (χ4v) is 3.65. The highest BCUT2D eigenvalue weighted by Gasteiger charge is 2.16. The number of anilines is 3. The van der Waals surface area contributed by atoms with Crippen LogP contribution in [0.3, 0.4) is 0 Å². The molecular weight excluding hydrogens is 381 g/mol. The van der Waals surface area contributed by atoms with Crippen molar-refractivity contribution in [3.63, 3.8) is 0 Å². The van der Waals surface area contributed by atoms with Crippen LogP contribution in [0.25, 0.3) is 22.4 Å². The fourth-order valence-electron chi connectivity index (χ4n) is 3.65. The lowest BCUT2D eigenvalue weighted by atomic mass is 10.2. The number of benzene rings is 2. The SMILES string of the molecule is CN1CCN(c2ccc(Nc3nc(-c4ccccc4F)nc4cn[nH]c34)cc2)CC1. The molecule has 152 valence electrons. The molecule has 0 aliphatic carbocycles. The van der Waals surface area contributed by atoms with E-state index >= 15 is 0 Å². The Morgan fingerprint density at radius 3 is 2.50 bits per heavy atom. The number of hydrogen-bond donors (Lipinski definition) is 2. The molecule has 8 heteroatoms. The van der Waals surface area contributed by atoms with E-state index in [2.05, 4.69) is 54.5 Å². The predicted octanol–water partition coefficient (Wildman–Crippen LogP) is 3.65. The molecular formula is C22H22FN7. The molecule has 7 nitrogen and oxygen atoms in total. The number of H-pyrrole nitrogens is 1. The van der Waals surface area contributed by atoms with Crippen LogP contribution < -0.4 is 10.2 Å². The lowest BCUT2D eigenvalue weighted by Gasteiger charge is -2.34. The van der Waals surface area contributed by atoms with Crippen LogP contribution in [0.4, 0.5) is 21.6 Å². The van der Waals surface area contributed by atoms with Crippen molar-refractivity contribution in [2.45, 2.75) is 0 Å². The Hall–Kier alpha value is -3.52. The molecule has 0 amide bonds. The Balaban J connectivity index is 1.44. The van der Waals surface area contributed by atoms with Crippen LogP contribution >= 0.6 is 0 Å². The molecule has 1 saturated heterocycles. The van der Waals surface area contributed by atoms with Crippen LogP contribution in [0.15, 0.2) is 54.7 Å². The van der Waals surface area contributed by atoms with Gasteiger partial charge in [-0.05, 0) is 43.4 Å². The van der Waals surface area contributed by atoms with Gasteiger partial charge in [-0.25, -0.2) is 14.4 Å². The summed E-state index contributed by atoms with van der Waals surface area (Å²) in [6, 6.07) is 14.8. The second-order valence-corrected chi connectivity index (χ2v) is 7.47. The molecule has 5 rings (SSSR count). The number of halogens is 1. The standard InChI is InChI=1S/C22H22FN7/c1-29-10-12-30(13-11-29)16-8-6-15(7-9-16)25-22-20-19(14-24-28-20)26-21(27-22)17-4-2-3-5-18(17)23/h2-9,14H,10-13H2,1H3,(H,24,28)(H,25,26,27). The third-order valence-electron chi connectivity index (χ3n) is 5.41. The van der Waals surface area contributed by atoms with Crippen molar-refractivity contribution in [3.8, 4) is 11.4 Å². The molecule has 2 aromatic carbocycles. The molecule has 2 N–H and O–H groups in total. The second-order valence-electron chi connectivity index (χ2n) is 7.47. The van der Waals surface area contributed by atoms with Gasteiger partial charge in [0.25, 0.3) is 0 Å². The molecule has 2 aromatic heterocycles. The molecule has 0 bridgehead atoms. The van der Waals surface area contributed by atoms with E-state index in [0.717, 1.165) is 31.9 Å². The highest BCUT2D eigenvalue weighted by molar-refractivity contribution is 5.88. The smallest absolute Gasteiger partial charge is 0.165 e. The highest BCUT2D eigenvalue weighted by atomic mass is 19.1. The van der Waals surface area contributed by atoms with Crippen molar-refractivity contribution in [1.82, 2.24) is 25.1 Å². The fraction of sp³-hybridized carbons (Fsp3) is 0.227. The number of fused-ring (bicyclic) bond motifs is 1. The first-order chi connectivity index (χ1) is 14.7. The van der Waals surface area contributed by atoms with Crippen molar-refractivity contribution in [3.05, 3.63) is 60.5 Å². The first kappa shape index (κ1) is 18.5. The number of nitrogens with zero attached hydrogens (tertiary/aromatic N) is 5. The summed E-state index contributed by atoms with van der Waals surface area (Å²) in [4.78, 5) is 13.7. The lowest BCUT2D eigenvalue weighted by Crippen LogP contribution is -2.44. The minimum atomic E-state index is -0.358. The summed E-state index contributed by atoms with van der Waals surface area (Å²) in [6.07, 6.45) is 1.61. The average Bonchev–Trinajstić information content (AvgIpc) is 3.24. The molecule has 1 fully saturated rings. The van der Waals surface area contributed by atoms with Crippen LogP contribution in [0, 0.1) is 5.82 Å². The predicted molar refractivity (Wildman–Crippen MR) is 117 cm³/mol. The summed E-state index contributed by atoms with van der Waals surface area (Å²) in [5.74, 6) is 0.518. The monoisotopic (exact) mass is 403 g/mol. The van der Waals surface area contributed by atoms with Crippen LogP contribution in [-0.2, 0) is 0 Å². The zero-order valence-corrected chi connectivity index (χ0v) is 16.6. The molecule has 1 aliphatic rings. The maximum Gasteiger partial charge on any atom is 0.165 e. The number of hydrogen-bond acceptors (Lipinski definition) is 6. The van der Waals surface area contributed by atoms with E-state index < -0.39 is 0 Å². The van der Waals surface area contributed by atoms with E-state index in [1.54, 1.807) is 24.4 Å². The van der Waals surface area contributed by atoms with Crippen LogP contribution in [-0.4, -0.2) is 58.3 Å². The summed E-state index contributed by atoms with van der Waals surface area (Å²) in [7, 11) is 2.15. The third kappa shape index (κ3) is 3.57. The molecule has 0 unspecified atom stereocenters. The number of aromatic nitrogens is 4. The van der Waals surface area contributed by atoms with Crippen molar-refractivity contribution in [2.75, 3.05) is 43.4 Å². The van der Waals surface area contributed by atoms with Gasteiger partial charge >= 0.3 is 0 Å². The normalized spacial score (nSPS) is 14.9. The number of aromatic amines is 1. The minimum Gasteiger partial charge on any atom is -0.369 e. The van der Waals surface area contributed by atoms with Crippen molar-refractivity contribution in [2.24, 2.45) is 0 Å². The summed E-state index contributed by atoms with van der Waals surface area (Å²) in [6.45, 7) is 4.18. The Labute approximate surface area is 173 Å². The van der Waals surface area contributed by atoms with Gasteiger partial charge in [0.15, 0.2) is 11.6 Å². The number of rotatable bonds is 4. The molecule has 0 spiro atoms. The van der Waals surface area contributed by atoms with Gasteiger partial charge in [-0.1, -0.05) is 12.1 Å². The summed E-state index contributed by atoms with van der Waals surface area (Å²) >= 11 is 0. The van der Waals surface area contributed by atoms with E-state index in [1.807, 2.05) is 12.1 Å². The number of nitrogens with one attached hydrogen (secondary N) is 2. The summed E-state index contributed by atoms with van der Waals surface area (Å²) in [5, 5.41) is 10.3. The second kappa shape index (κ2) is 7.72. The van der Waals surface area contributed by atoms with Gasteiger partial charge in [-0.3, -0.25) is 5.10 Å².